The van der Waals surface area contributed by atoms with Crippen LogP contribution in [0.15, 0.2) is 11.8 Å². The highest BCUT2D eigenvalue weighted by Gasteiger charge is 2.17. The van der Waals surface area contributed by atoms with E-state index in [1.165, 1.54) is 31.4 Å². The molecule has 0 unspecified atom stereocenters. The molecule has 70 valence electrons. The van der Waals surface area contributed by atoms with E-state index in [4.69, 9.17) is 0 Å². The maximum Gasteiger partial charge on any atom is 0.0258 e. The van der Waals surface area contributed by atoms with Gasteiger partial charge < -0.3 is 5.32 Å². The van der Waals surface area contributed by atoms with E-state index in [9.17, 15) is 0 Å². The van der Waals surface area contributed by atoms with Crippen molar-refractivity contribution in [3.63, 3.8) is 0 Å². The van der Waals surface area contributed by atoms with Crippen LogP contribution in [0.1, 0.15) is 46.5 Å². The summed E-state index contributed by atoms with van der Waals surface area (Å²) >= 11 is 0. The minimum absolute atomic E-state index is 0.748. The van der Waals surface area contributed by atoms with Crippen molar-refractivity contribution in [3.05, 3.63) is 11.8 Å². The van der Waals surface area contributed by atoms with Crippen molar-refractivity contribution < 1.29 is 0 Å². The molecule has 1 nitrogen and oxygen atoms in total. The van der Waals surface area contributed by atoms with Crippen molar-refractivity contribution in [2.24, 2.45) is 5.92 Å². The predicted octanol–water partition coefficient (Wildman–Crippen LogP) is 3.08. The van der Waals surface area contributed by atoms with E-state index in [2.05, 4.69) is 32.2 Å². The average molecular weight is 167 g/mol. The summed E-state index contributed by atoms with van der Waals surface area (Å²) in [5.74, 6) is 0.953. The van der Waals surface area contributed by atoms with Crippen LogP contribution in [0.5, 0.6) is 0 Å². The monoisotopic (exact) mass is 167 g/mol. The van der Waals surface area contributed by atoms with Gasteiger partial charge in [0.25, 0.3) is 0 Å². The molecule has 0 aromatic rings. The van der Waals surface area contributed by atoms with Gasteiger partial charge in [-0.25, -0.2) is 0 Å². The second kappa shape index (κ2) is 4.54. The Morgan fingerprint density at radius 3 is 2.33 bits per heavy atom. The quantitative estimate of drug-likeness (QED) is 0.666. The Morgan fingerprint density at radius 2 is 1.83 bits per heavy atom. The van der Waals surface area contributed by atoms with Crippen molar-refractivity contribution in [3.8, 4) is 0 Å². The first-order valence-corrected chi connectivity index (χ1v) is 5.12. The summed E-state index contributed by atoms with van der Waals surface area (Å²) in [5, 5.41) is 3.55. The maximum atomic E-state index is 3.55. The van der Waals surface area contributed by atoms with E-state index in [1.807, 2.05) is 0 Å². The third-order valence-corrected chi connectivity index (χ3v) is 2.88. The molecule has 1 fully saturated rings. The van der Waals surface area contributed by atoms with Gasteiger partial charge >= 0.3 is 0 Å². The zero-order valence-electron chi connectivity index (χ0n) is 8.56. The SMILES string of the molecule is C/C=C(\C)NC1CCC(C)CC1. The summed E-state index contributed by atoms with van der Waals surface area (Å²) in [7, 11) is 0. The van der Waals surface area contributed by atoms with Crippen molar-refractivity contribution in [2.75, 3.05) is 0 Å². The Hall–Kier alpha value is -0.460. The highest BCUT2D eigenvalue weighted by molar-refractivity contribution is 4.95. The lowest BCUT2D eigenvalue weighted by Crippen LogP contribution is -2.31. The van der Waals surface area contributed by atoms with Crippen LogP contribution in [0.3, 0.4) is 0 Å². The largest absolute Gasteiger partial charge is 0.386 e. The summed E-state index contributed by atoms with van der Waals surface area (Å²) in [6.45, 7) is 6.60. The molecule has 1 N–H and O–H groups in total. The van der Waals surface area contributed by atoms with Gasteiger partial charge in [0.1, 0.15) is 0 Å². The van der Waals surface area contributed by atoms with Gasteiger partial charge in [0.05, 0.1) is 0 Å². The van der Waals surface area contributed by atoms with Gasteiger partial charge in [-0.05, 0) is 45.4 Å². The molecular weight excluding hydrogens is 146 g/mol. The van der Waals surface area contributed by atoms with Crippen LogP contribution in [0.4, 0.5) is 0 Å². The fourth-order valence-corrected chi connectivity index (χ4v) is 1.81. The number of nitrogens with one attached hydrogen (secondary N) is 1. The Balaban J connectivity index is 2.26. The number of hydrogen-bond acceptors (Lipinski definition) is 1. The van der Waals surface area contributed by atoms with E-state index in [0.29, 0.717) is 0 Å². The lowest BCUT2D eigenvalue weighted by Gasteiger charge is -2.27. The molecule has 1 rings (SSSR count). The van der Waals surface area contributed by atoms with E-state index < -0.39 is 0 Å². The molecule has 12 heavy (non-hydrogen) atoms. The van der Waals surface area contributed by atoms with Crippen LogP contribution in [0, 0.1) is 5.92 Å². The first-order chi connectivity index (χ1) is 5.72. The molecule has 1 heteroatoms. The minimum atomic E-state index is 0.748. The normalized spacial score (nSPS) is 31.8. The Bertz CT molecular complexity index is 152. The molecule has 1 aliphatic carbocycles. The number of hydrogen-bond donors (Lipinski definition) is 1. The summed E-state index contributed by atoms with van der Waals surface area (Å²) in [6, 6.07) is 0.748. The molecule has 0 radical (unpaired) electrons. The van der Waals surface area contributed by atoms with Crippen LogP contribution in [0.2, 0.25) is 0 Å². The summed E-state index contributed by atoms with van der Waals surface area (Å²) in [5.41, 5.74) is 1.33. The van der Waals surface area contributed by atoms with Gasteiger partial charge in [0.15, 0.2) is 0 Å². The molecule has 0 spiro atoms. The fraction of sp³-hybridized carbons (Fsp3) is 0.818. The molecule has 0 amide bonds. The van der Waals surface area contributed by atoms with E-state index >= 15 is 0 Å². The molecule has 0 aliphatic heterocycles. The van der Waals surface area contributed by atoms with Crippen molar-refractivity contribution in [1.82, 2.24) is 5.32 Å². The molecule has 0 bridgehead atoms. The van der Waals surface area contributed by atoms with Gasteiger partial charge in [-0.2, -0.15) is 0 Å². The second-order valence-corrected chi connectivity index (χ2v) is 4.07. The van der Waals surface area contributed by atoms with E-state index in [1.54, 1.807) is 0 Å². The zero-order chi connectivity index (χ0) is 8.97. The van der Waals surface area contributed by atoms with Crippen molar-refractivity contribution in [1.29, 1.82) is 0 Å². The van der Waals surface area contributed by atoms with Gasteiger partial charge in [-0.1, -0.05) is 13.0 Å². The second-order valence-electron chi connectivity index (χ2n) is 4.07. The molecule has 0 atom stereocenters. The van der Waals surface area contributed by atoms with Crippen molar-refractivity contribution >= 4 is 0 Å². The lowest BCUT2D eigenvalue weighted by atomic mass is 9.87. The van der Waals surface area contributed by atoms with Gasteiger partial charge in [-0.15, -0.1) is 0 Å². The Morgan fingerprint density at radius 1 is 1.25 bits per heavy atom. The highest BCUT2D eigenvalue weighted by Crippen LogP contribution is 2.23. The first kappa shape index (κ1) is 9.63. The van der Waals surface area contributed by atoms with Crippen molar-refractivity contribution in [2.45, 2.75) is 52.5 Å². The smallest absolute Gasteiger partial charge is 0.0258 e. The summed E-state index contributed by atoms with van der Waals surface area (Å²) in [4.78, 5) is 0. The molecule has 1 aliphatic rings. The Labute approximate surface area is 76.2 Å². The van der Waals surface area contributed by atoms with E-state index in [-0.39, 0.29) is 0 Å². The Kier molecular flexibility index (Phi) is 3.64. The van der Waals surface area contributed by atoms with Crippen LogP contribution < -0.4 is 5.32 Å². The summed E-state index contributed by atoms with van der Waals surface area (Å²) < 4.78 is 0. The lowest BCUT2D eigenvalue weighted by molar-refractivity contribution is 0.321. The standard InChI is InChI=1S/C11H21N/c1-4-10(3)12-11-7-5-9(2)6-8-11/h4,9,11-12H,5-8H2,1-3H3/b10-4+. The van der Waals surface area contributed by atoms with E-state index in [0.717, 1.165) is 12.0 Å². The third kappa shape index (κ3) is 2.88. The van der Waals surface area contributed by atoms with Gasteiger partial charge in [0.2, 0.25) is 0 Å². The molecule has 0 aromatic heterocycles. The molecule has 0 saturated heterocycles. The molecule has 1 saturated carbocycles. The van der Waals surface area contributed by atoms with Crippen LogP contribution in [0.25, 0.3) is 0 Å². The minimum Gasteiger partial charge on any atom is -0.386 e. The first-order valence-electron chi connectivity index (χ1n) is 5.12. The maximum absolute atomic E-state index is 3.55. The highest BCUT2D eigenvalue weighted by atomic mass is 14.9. The topological polar surface area (TPSA) is 12.0 Å². The predicted molar refractivity (Wildman–Crippen MR) is 54.0 cm³/mol. The number of allylic oxidation sites excluding steroid dienone is 2. The van der Waals surface area contributed by atoms with Crippen LogP contribution in [-0.2, 0) is 0 Å². The van der Waals surface area contributed by atoms with Gasteiger partial charge in [-0.3, -0.25) is 0 Å². The molecule has 0 aromatic carbocycles. The average Bonchev–Trinajstić information content (AvgIpc) is 2.09. The zero-order valence-corrected chi connectivity index (χ0v) is 8.56. The van der Waals surface area contributed by atoms with Gasteiger partial charge in [0, 0.05) is 11.7 Å². The third-order valence-electron chi connectivity index (χ3n) is 2.88. The molecular formula is C11H21N. The fourth-order valence-electron chi connectivity index (χ4n) is 1.81. The number of rotatable bonds is 2. The summed E-state index contributed by atoms with van der Waals surface area (Å²) in [6.07, 6.45) is 7.65. The van der Waals surface area contributed by atoms with Crippen LogP contribution in [-0.4, -0.2) is 6.04 Å². The van der Waals surface area contributed by atoms with Crippen LogP contribution >= 0.6 is 0 Å². The molecule has 0 heterocycles.